The minimum atomic E-state index is 0.955. The van der Waals surface area contributed by atoms with Gasteiger partial charge in [-0.25, -0.2) is 0 Å². The molecule has 0 aliphatic heterocycles. The Morgan fingerprint density at radius 1 is 0.947 bits per heavy atom. The van der Waals surface area contributed by atoms with E-state index in [1.807, 2.05) is 38.5 Å². The largest absolute Gasteiger partial charge is 0.378 e. The summed E-state index contributed by atoms with van der Waals surface area (Å²) in [6.07, 6.45) is 3.68. The molecule has 0 radical (unpaired) electrons. The summed E-state index contributed by atoms with van der Waals surface area (Å²) in [6.45, 7) is 0. The van der Waals surface area contributed by atoms with Gasteiger partial charge in [0.25, 0.3) is 0 Å². The highest BCUT2D eigenvalue weighted by Gasteiger charge is 2.02. The van der Waals surface area contributed by atoms with Crippen LogP contribution in [0.25, 0.3) is 22.2 Å². The Kier molecular flexibility index (Phi) is 2.88. The lowest BCUT2D eigenvalue weighted by Crippen LogP contribution is -2.07. The van der Waals surface area contributed by atoms with E-state index in [9.17, 15) is 0 Å². The van der Waals surface area contributed by atoms with Crippen molar-refractivity contribution in [2.24, 2.45) is 0 Å². The SMILES string of the molecule is CN(C)c1ccc(-c2cc3ncccc3cn2)cc1. The first-order chi connectivity index (χ1) is 9.24. The fourth-order valence-electron chi connectivity index (χ4n) is 2.05. The van der Waals surface area contributed by atoms with Crippen molar-refractivity contribution in [3.63, 3.8) is 0 Å². The summed E-state index contributed by atoms with van der Waals surface area (Å²) in [4.78, 5) is 10.9. The van der Waals surface area contributed by atoms with Crippen LogP contribution in [0.1, 0.15) is 0 Å². The van der Waals surface area contributed by atoms with E-state index >= 15 is 0 Å². The molecule has 0 fully saturated rings. The molecule has 0 aliphatic rings. The molecule has 0 saturated heterocycles. The molecule has 2 heterocycles. The van der Waals surface area contributed by atoms with Gasteiger partial charge in [-0.15, -0.1) is 0 Å². The second kappa shape index (κ2) is 4.69. The van der Waals surface area contributed by atoms with Crippen LogP contribution in [0, 0.1) is 0 Å². The standard InChI is InChI=1S/C16H15N3/c1-19(2)14-7-5-12(6-8-14)15-10-16-13(11-18-15)4-3-9-17-16/h3-11H,1-2H3. The van der Waals surface area contributed by atoms with E-state index in [1.54, 1.807) is 6.20 Å². The summed E-state index contributed by atoms with van der Waals surface area (Å²) in [5.41, 5.74) is 4.22. The van der Waals surface area contributed by atoms with Crippen molar-refractivity contribution in [1.82, 2.24) is 9.97 Å². The zero-order valence-corrected chi connectivity index (χ0v) is 11.0. The fourth-order valence-corrected chi connectivity index (χ4v) is 2.05. The third-order valence-electron chi connectivity index (χ3n) is 3.17. The highest BCUT2D eigenvalue weighted by Crippen LogP contribution is 2.23. The quantitative estimate of drug-likeness (QED) is 0.697. The predicted molar refractivity (Wildman–Crippen MR) is 79.3 cm³/mol. The average molecular weight is 249 g/mol. The second-order valence-electron chi connectivity index (χ2n) is 4.71. The van der Waals surface area contributed by atoms with E-state index in [0.29, 0.717) is 0 Å². The number of aromatic nitrogens is 2. The zero-order chi connectivity index (χ0) is 13.2. The van der Waals surface area contributed by atoms with Crippen LogP contribution >= 0.6 is 0 Å². The summed E-state index contributed by atoms with van der Waals surface area (Å²) in [5, 5.41) is 1.07. The van der Waals surface area contributed by atoms with Crippen molar-refractivity contribution in [3.8, 4) is 11.3 Å². The van der Waals surface area contributed by atoms with E-state index in [0.717, 1.165) is 22.2 Å². The molecule has 3 aromatic rings. The summed E-state index contributed by atoms with van der Waals surface area (Å²) in [5.74, 6) is 0. The van der Waals surface area contributed by atoms with Crippen molar-refractivity contribution >= 4 is 16.6 Å². The first-order valence-corrected chi connectivity index (χ1v) is 6.22. The van der Waals surface area contributed by atoms with Gasteiger partial charge in [0.2, 0.25) is 0 Å². The van der Waals surface area contributed by atoms with Gasteiger partial charge in [0.15, 0.2) is 0 Å². The molecule has 94 valence electrons. The van der Waals surface area contributed by atoms with Crippen LogP contribution in [-0.4, -0.2) is 24.1 Å². The summed E-state index contributed by atoms with van der Waals surface area (Å²) in [6, 6.07) is 14.3. The normalized spacial score (nSPS) is 10.6. The van der Waals surface area contributed by atoms with Gasteiger partial charge in [-0.1, -0.05) is 12.1 Å². The summed E-state index contributed by atoms with van der Waals surface area (Å²) >= 11 is 0. The number of benzene rings is 1. The van der Waals surface area contributed by atoms with Crippen LogP contribution in [0.5, 0.6) is 0 Å². The van der Waals surface area contributed by atoms with E-state index in [2.05, 4.69) is 39.1 Å². The lowest BCUT2D eigenvalue weighted by atomic mass is 10.1. The Labute approximate surface area is 112 Å². The molecule has 19 heavy (non-hydrogen) atoms. The highest BCUT2D eigenvalue weighted by atomic mass is 15.1. The van der Waals surface area contributed by atoms with E-state index in [1.165, 1.54) is 5.69 Å². The molecule has 0 atom stereocenters. The molecule has 0 aliphatic carbocycles. The van der Waals surface area contributed by atoms with Crippen molar-refractivity contribution in [1.29, 1.82) is 0 Å². The van der Waals surface area contributed by atoms with E-state index in [4.69, 9.17) is 0 Å². The van der Waals surface area contributed by atoms with Gasteiger partial charge >= 0.3 is 0 Å². The number of hydrogen-bond acceptors (Lipinski definition) is 3. The maximum absolute atomic E-state index is 4.50. The van der Waals surface area contributed by atoms with Crippen LogP contribution < -0.4 is 4.90 Å². The molecule has 3 rings (SSSR count). The lowest BCUT2D eigenvalue weighted by molar-refractivity contribution is 1.13. The molecular weight excluding hydrogens is 234 g/mol. The Hall–Kier alpha value is -2.42. The van der Waals surface area contributed by atoms with Crippen molar-refractivity contribution < 1.29 is 0 Å². The van der Waals surface area contributed by atoms with Crippen LogP contribution in [0.15, 0.2) is 54.9 Å². The maximum Gasteiger partial charge on any atom is 0.0739 e. The van der Waals surface area contributed by atoms with Gasteiger partial charge in [-0.2, -0.15) is 0 Å². The highest BCUT2D eigenvalue weighted by molar-refractivity contribution is 5.81. The second-order valence-corrected chi connectivity index (χ2v) is 4.71. The molecule has 0 bridgehead atoms. The summed E-state index contributed by atoms with van der Waals surface area (Å²) in [7, 11) is 4.07. The molecule has 0 N–H and O–H groups in total. The van der Waals surface area contributed by atoms with Gasteiger partial charge in [-0.05, 0) is 30.3 Å². The molecule has 0 unspecified atom stereocenters. The van der Waals surface area contributed by atoms with Crippen LogP contribution in [0.2, 0.25) is 0 Å². The number of pyridine rings is 2. The molecule has 3 heteroatoms. The molecule has 1 aromatic carbocycles. The third kappa shape index (κ3) is 2.27. The number of fused-ring (bicyclic) bond motifs is 1. The van der Waals surface area contributed by atoms with Crippen LogP contribution in [0.3, 0.4) is 0 Å². The minimum Gasteiger partial charge on any atom is -0.378 e. The van der Waals surface area contributed by atoms with Crippen molar-refractivity contribution in [3.05, 3.63) is 54.9 Å². The minimum absolute atomic E-state index is 0.955. The lowest BCUT2D eigenvalue weighted by Gasteiger charge is -2.12. The Morgan fingerprint density at radius 2 is 1.74 bits per heavy atom. The maximum atomic E-state index is 4.50. The van der Waals surface area contributed by atoms with Gasteiger partial charge in [0, 0.05) is 43.1 Å². The van der Waals surface area contributed by atoms with E-state index in [-0.39, 0.29) is 0 Å². The first kappa shape index (κ1) is 11.7. The molecule has 0 amide bonds. The summed E-state index contributed by atoms with van der Waals surface area (Å²) < 4.78 is 0. The van der Waals surface area contributed by atoms with Crippen molar-refractivity contribution in [2.45, 2.75) is 0 Å². The average Bonchev–Trinajstić information content (AvgIpc) is 2.47. The molecule has 0 saturated carbocycles. The fraction of sp³-hybridized carbons (Fsp3) is 0.125. The third-order valence-corrected chi connectivity index (χ3v) is 3.17. The van der Waals surface area contributed by atoms with Gasteiger partial charge in [0.1, 0.15) is 0 Å². The smallest absolute Gasteiger partial charge is 0.0739 e. The van der Waals surface area contributed by atoms with E-state index < -0.39 is 0 Å². The van der Waals surface area contributed by atoms with Gasteiger partial charge in [-0.3, -0.25) is 9.97 Å². The number of nitrogens with zero attached hydrogens (tertiary/aromatic N) is 3. The van der Waals surface area contributed by atoms with Crippen LogP contribution in [0.4, 0.5) is 5.69 Å². The number of anilines is 1. The Bertz CT molecular complexity index is 703. The Balaban J connectivity index is 2.03. The van der Waals surface area contributed by atoms with Gasteiger partial charge < -0.3 is 4.90 Å². The van der Waals surface area contributed by atoms with Crippen LogP contribution in [-0.2, 0) is 0 Å². The molecule has 2 aromatic heterocycles. The zero-order valence-electron chi connectivity index (χ0n) is 11.0. The van der Waals surface area contributed by atoms with Gasteiger partial charge in [0.05, 0.1) is 11.2 Å². The van der Waals surface area contributed by atoms with Crippen molar-refractivity contribution in [2.75, 3.05) is 19.0 Å². The molecule has 3 nitrogen and oxygen atoms in total. The monoisotopic (exact) mass is 249 g/mol. The number of hydrogen-bond donors (Lipinski definition) is 0. The predicted octanol–water partition coefficient (Wildman–Crippen LogP) is 3.36. The first-order valence-electron chi connectivity index (χ1n) is 6.22. The number of rotatable bonds is 2. The topological polar surface area (TPSA) is 29.0 Å². The Morgan fingerprint density at radius 3 is 2.47 bits per heavy atom. The molecule has 0 spiro atoms. The molecular formula is C16H15N3.